The van der Waals surface area contributed by atoms with Crippen molar-refractivity contribution >= 4 is 17.2 Å². The van der Waals surface area contributed by atoms with Crippen molar-refractivity contribution in [2.24, 2.45) is 5.73 Å². The molecule has 0 amide bonds. The smallest absolute Gasteiger partial charge is 0.217 e. The minimum Gasteiger partial charge on any atom is -0.361 e. The summed E-state index contributed by atoms with van der Waals surface area (Å²) in [6, 6.07) is 5.55. The topological polar surface area (TPSA) is 58.9 Å². The van der Waals surface area contributed by atoms with Crippen LogP contribution >= 0.6 is 0 Å². The van der Waals surface area contributed by atoms with Crippen LogP contribution < -0.4 is 5.73 Å². The fourth-order valence-electron chi connectivity index (χ4n) is 1.81. The molecule has 1 heterocycles. The van der Waals surface area contributed by atoms with Gasteiger partial charge in [0.05, 0.1) is 6.04 Å². The van der Waals surface area contributed by atoms with Crippen molar-refractivity contribution in [2.45, 2.75) is 19.4 Å². The van der Waals surface area contributed by atoms with E-state index in [4.69, 9.17) is 5.73 Å². The van der Waals surface area contributed by atoms with Gasteiger partial charge in [-0.3, -0.25) is 4.79 Å². The number of aryl methyl sites for hydroxylation is 1. The number of benzene rings is 1. The highest BCUT2D eigenvalue weighted by Gasteiger charge is 2.09. The number of nitrogens with one attached hydrogen (secondary N) is 1. The van der Waals surface area contributed by atoms with Crippen molar-refractivity contribution in [1.29, 1.82) is 0 Å². The number of nitrogens with two attached hydrogens (primary N) is 1. The summed E-state index contributed by atoms with van der Waals surface area (Å²) < 4.78 is 0. The van der Waals surface area contributed by atoms with E-state index in [1.807, 2.05) is 31.3 Å². The molecule has 77 valence electrons. The maximum absolute atomic E-state index is 10.4. The Hall–Kier alpha value is -1.61. The van der Waals surface area contributed by atoms with Gasteiger partial charge in [-0.2, -0.15) is 0 Å². The number of aromatic nitrogens is 1. The zero-order valence-electron chi connectivity index (χ0n) is 8.58. The molecule has 0 unspecified atom stereocenters. The van der Waals surface area contributed by atoms with Gasteiger partial charge in [0.2, 0.25) is 6.29 Å². The van der Waals surface area contributed by atoms with Crippen LogP contribution in [-0.4, -0.2) is 17.3 Å². The Labute approximate surface area is 88.3 Å². The van der Waals surface area contributed by atoms with Crippen LogP contribution in [0.1, 0.15) is 11.1 Å². The second-order valence-corrected chi connectivity index (χ2v) is 3.74. The lowest BCUT2D eigenvalue weighted by Crippen LogP contribution is -2.23. The van der Waals surface area contributed by atoms with Crippen molar-refractivity contribution < 1.29 is 4.79 Å². The first-order valence-electron chi connectivity index (χ1n) is 4.91. The summed E-state index contributed by atoms with van der Waals surface area (Å²) in [5, 5.41) is 1.14. The Balaban J connectivity index is 2.45. The molecule has 0 saturated carbocycles. The lowest BCUT2D eigenvalue weighted by Gasteiger charge is -2.01. The first kappa shape index (κ1) is 9.93. The summed E-state index contributed by atoms with van der Waals surface area (Å²) >= 11 is 0. The summed E-state index contributed by atoms with van der Waals surface area (Å²) in [7, 11) is 0. The van der Waals surface area contributed by atoms with Crippen LogP contribution in [0.25, 0.3) is 10.9 Å². The van der Waals surface area contributed by atoms with Crippen molar-refractivity contribution in [3.8, 4) is 0 Å². The van der Waals surface area contributed by atoms with E-state index >= 15 is 0 Å². The quantitative estimate of drug-likeness (QED) is 0.789. The van der Waals surface area contributed by atoms with E-state index < -0.39 is 6.04 Å². The van der Waals surface area contributed by atoms with E-state index in [0.717, 1.165) is 16.5 Å². The number of fused-ring (bicyclic) bond motifs is 1. The molecule has 2 rings (SSSR count). The third-order valence-corrected chi connectivity index (χ3v) is 2.60. The highest BCUT2D eigenvalue weighted by atomic mass is 16.1. The maximum Gasteiger partial charge on any atom is 0.217 e. The fourth-order valence-corrected chi connectivity index (χ4v) is 1.81. The zero-order chi connectivity index (χ0) is 10.8. The highest BCUT2D eigenvalue weighted by molar-refractivity contribution is 5.86. The number of carbonyl (C=O) groups excluding carboxylic acids is 1. The monoisotopic (exact) mass is 201 g/mol. The van der Waals surface area contributed by atoms with Gasteiger partial charge in [-0.1, -0.05) is 18.2 Å². The molecule has 1 radical (unpaired) electrons. The van der Waals surface area contributed by atoms with Gasteiger partial charge in [-0.15, -0.1) is 0 Å². The molecule has 0 saturated heterocycles. The first-order chi connectivity index (χ1) is 7.22. The molecule has 1 aromatic heterocycles. The van der Waals surface area contributed by atoms with E-state index in [-0.39, 0.29) is 0 Å². The molecular formula is C12H13N2O. The third-order valence-electron chi connectivity index (χ3n) is 2.60. The SMILES string of the molecule is Cc1cccc2c(C[C@H](N)[C]=O)c[nH]c12. The van der Waals surface area contributed by atoms with E-state index in [1.165, 1.54) is 5.56 Å². The summed E-state index contributed by atoms with van der Waals surface area (Å²) in [6.45, 7) is 2.05. The van der Waals surface area contributed by atoms with Gasteiger partial charge in [-0.25, -0.2) is 0 Å². The summed E-state index contributed by atoms with van der Waals surface area (Å²) in [5.41, 5.74) is 8.94. The maximum atomic E-state index is 10.4. The van der Waals surface area contributed by atoms with Crippen LogP contribution in [0.2, 0.25) is 0 Å². The lowest BCUT2D eigenvalue weighted by molar-refractivity contribution is 0.541. The van der Waals surface area contributed by atoms with Crippen LogP contribution in [-0.2, 0) is 11.2 Å². The van der Waals surface area contributed by atoms with Gasteiger partial charge in [0, 0.05) is 17.1 Å². The summed E-state index contributed by atoms with van der Waals surface area (Å²) in [6.07, 6.45) is 4.24. The molecule has 3 nitrogen and oxygen atoms in total. The predicted molar refractivity (Wildman–Crippen MR) is 60.4 cm³/mol. The Morgan fingerprint density at radius 2 is 2.33 bits per heavy atom. The molecule has 0 spiro atoms. The Bertz CT molecular complexity index is 487. The molecule has 2 aromatic rings. The van der Waals surface area contributed by atoms with Gasteiger partial charge in [0.15, 0.2) is 0 Å². The second-order valence-electron chi connectivity index (χ2n) is 3.74. The van der Waals surface area contributed by atoms with E-state index in [9.17, 15) is 4.79 Å². The standard InChI is InChI=1S/C12H13N2O/c1-8-3-2-4-11-9(5-10(13)7-15)6-14-12(8)11/h2-4,6,10,14H,5,13H2,1H3/t10-/m0/s1. The van der Waals surface area contributed by atoms with Crippen LogP contribution in [0.5, 0.6) is 0 Å². The average molecular weight is 201 g/mol. The molecular weight excluding hydrogens is 188 g/mol. The normalized spacial score (nSPS) is 12.9. The summed E-state index contributed by atoms with van der Waals surface area (Å²) in [5.74, 6) is 0. The van der Waals surface area contributed by atoms with Crippen LogP contribution in [0.15, 0.2) is 24.4 Å². The van der Waals surface area contributed by atoms with Crippen molar-refractivity contribution in [2.75, 3.05) is 0 Å². The van der Waals surface area contributed by atoms with Gasteiger partial charge in [0.25, 0.3) is 0 Å². The van der Waals surface area contributed by atoms with Crippen LogP contribution in [0, 0.1) is 6.92 Å². The molecule has 0 aliphatic carbocycles. The Kier molecular flexibility index (Phi) is 2.56. The molecule has 0 aliphatic heterocycles. The van der Waals surface area contributed by atoms with Gasteiger partial charge >= 0.3 is 0 Å². The number of para-hydroxylation sites is 1. The number of rotatable bonds is 3. The van der Waals surface area contributed by atoms with Crippen molar-refractivity contribution in [3.63, 3.8) is 0 Å². The first-order valence-corrected chi connectivity index (χ1v) is 4.91. The summed E-state index contributed by atoms with van der Waals surface area (Å²) in [4.78, 5) is 13.6. The number of hydrogen-bond donors (Lipinski definition) is 2. The molecule has 3 N–H and O–H groups in total. The van der Waals surface area contributed by atoms with Crippen LogP contribution in [0.4, 0.5) is 0 Å². The largest absolute Gasteiger partial charge is 0.361 e. The van der Waals surface area contributed by atoms with E-state index in [1.54, 1.807) is 6.29 Å². The predicted octanol–water partition coefficient (Wildman–Crippen LogP) is 1.46. The number of aromatic amines is 1. The van der Waals surface area contributed by atoms with Crippen molar-refractivity contribution in [3.05, 3.63) is 35.5 Å². The highest BCUT2D eigenvalue weighted by Crippen LogP contribution is 2.21. The second kappa shape index (κ2) is 3.87. The van der Waals surface area contributed by atoms with Gasteiger partial charge in [0.1, 0.15) is 0 Å². The molecule has 3 heteroatoms. The Morgan fingerprint density at radius 1 is 1.53 bits per heavy atom. The van der Waals surface area contributed by atoms with Gasteiger partial charge < -0.3 is 10.7 Å². The minimum absolute atomic E-state index is 0.535. The average Bonchev–Trinajstić information content (AvgIpc) is 2.63. The van der Waals surface area contributed by atoms with E-state index in [0.29, 0.717) is 6.42 Å². The van der Waals surface area contributed by atoms with E-state index in [2.05, 4.69) is 4.98 Å². The molecule has 15 heavy (non-hydrogen) atoms. The minimum atomic E-state index is -0.537. The molecule has 1 aromatic carbocycles. The van der Waals surface area contributed by atoms with Crippen LogP contribution in [0.3, 0.4) is 0 Å². The Morgan fingerprint density at radius 3 is 3.07 bits per heavy atom. The molecule has 0 fully saturated rings. The number of hydrogen-bond acceptors (Lipinski definition) is 2. The third kappa shape index (κ3) is 1.78. The molecule has 0 bridgehead atoms. The lowest BCUT2D eigenvalue weighted by atomic mass is 10.0. The fraction of sp³-hybridized carbons (Fsp3) is 0.250. The van der Waals surface area contributed by atoms with Gasteiger partial charge in [-0.05, 0) is 24.5 Å². The molecule has 0 aliphatic rings. The zero-order valence-corrected chi connectivity index (χ0v) is 8.58. The number of H-pyrrole nitrogens is 1. The molecule has 1 atom stereocenters. The van der Waals surface area contributed by atoms with Crippen molar-refractivity contribution in [1.82, 2.24) is 4.98 Å².